The zero-order valence-electron chi connectivity index (χ0n) is 13.4. The van der Waals surface area contributed by atoms with E-state index in [1.807, 2.05) is 38.1 Å². The number of carbonyl (C=O) groups excluding carboxylic acids is 1. The van der Waals surface area contributed by atoms with Gasteiger partial charge in [0.15, 0.2) is 0 Å². The standard InChI is InChI=1S/C17H25NO4/c1-3-20-17(19)8-6-5-7-13-21-16-11-9-15(10-12-16)14-18-22-4-2/h9-12,14H,3-8,13H2,1-2H3/b18-14+. The van der Waals surface area contributed by atoms with Gasteiger partial charge in [0.2, 0.25) is 0 Å². The number of esters is 1. The zero-order chi connectivity index (χ0) is 16.0. The Labute approximate surface area is 132 Å². The molecule has 0 heterocycles. The number of rotatable bonds is 11. The highest BCUT2D eigenvalue weighted by Gasteiger charge is 2.01. The summed E-state index contributed by atoms with van der Waals surface area (Å²) in [5, 5.41) is 3.81. The lowest BCUT2D eigenvalue weighted by Crippen LogP contribution is -2.04. The van der Waals surface area contributed by atoms with E-state index < -0.39 is 0 Å². The Morgan fingerprint density at radius 2 is 1.86 bits per heavy atom. The maximum Gasteiger partial charge on any atom is 0.305 e. The Bertz CT molecular complexity index is 442. The van der Waals surface area contributed by atoms with E-state index in [0.29, 0.717) is 26.2 Å². The van der Waals surface area contributed by atoms with E-state index in [1.165, 1.54) is 0 Å². The molecular formula is C17H25NO4. The third-order valence-electron chi connectivity index (χ3n) is 2.88. The van der Waals surface area contributed by atoms with Crippen molar-refractivity contribution >= 4 is 12.2 Å². The van der Waals surface area contributed by atoms with Crippen molar-refractivity contribution in [3.8, 4) is 5.75 Å². The first-order valence-corrected chi connectivity index (χ1v) is 7.80. The van der Waals surface area contributed by atoms with Gasteiger partial charge in [-0.25, -0.2) is 0 Å². The highest BCUT2D eigenvalue weighted by molar-refractivity contribution is 5.79. The number of carbonyl (C=O) groups is 1. The van der Waals surface area contributed by atoms with Crippen molar-refractivity contribution in [1.29, 1.82) is 0 Å². The van der Waals surface area contributed by atoms with E-state index in [-0.39, 0.29) is 5.97 Å². The SMILES string of the molecule is CCO/N=C/c1ccc(OCCCCCC(=O)OCC)cc1. The van der Waals surface area contributed by atoms with Gasteiger partial charge >= 0.3 is 5.97 Å². The summed E-state index contributed by atoms with van der Waals surface area (Å²) in [6.45, 7) is 5.37. The minimum Gasteiger partial charge on any atom is -0.494 e. The van der Waals surface area contributed by atoms with Gasteiger partial charge < -0.3 is 14.3 Å². The fourth-order valence-corrected chi connectivity index (χ4v) is 1.79. The lowest BCUT2D eigenvalue weighted by molar-refractivity contribution is -0.143. The molecule has 0 saturated carbocycles. The van der Waals surface area contributed by atoms with Crippen LogP contribution in [0, 0.1) is 0 Å². The molecule has 0 unspecified atom stereocenters. The summed E-state index contributed by atoms with van der Waals surface area (Å²) >= 11 is 0. The molecule has 0 saturated heterocycles. The van der Waals surface area contributed by atoms with Crippen molar-refractivity contribution in [1.82, 2.24) is 0 Å². The van der Waals surface area contributed by atoms with Crippen LogP contribution in [0.15, 0.2) is 29.4 Å². The third-order valence-corrected chi connectivity index (χ3v) is 2.88. The van der Waals surface area contributed by atoms with Crippen LogP contribution in [-0.2, 0) is 14.4 Å². The van der Waals surface area contributed by atoms with Gasteiger partial charge in [-0.3, -0.25) is 4.79 Å². The number of hydrogen-bond acceptors (Lipinski definition) is 5. The van der Waals surface area contributed by atoms with Crippen LogP contribution in [0.2, 0.25) is 0 Å². The van der Waals surface area contributed by atoms with Crippen LogP contribution in [-0.4, -0.2) is 32.0 Å². The van der Waals surface area contributed by atoms with Gasteiger partial charge in [0, 0.05) is 6.42 Å². The van der Waals surface area contributed by atoms with E-state index in [0.717, 1.165) is 30.6 Å². The van der Waals surface area contributed by atoms with Crippen LogP contribution in [0.1, 0.15) is 45.1 Å². The Kier molecular flexibility index (Phi) is 9.50. The van der Waals surface area contributed by atoms with Crippen LogP contribution in [0.4, 0.5) is 0 Å². The normalized spacial score (nSPS) is 10.6. The average Bonchev–Trinajstić information content (AvgIpc) is 2.52. The van der Waals surface area contributed by atoms with Crippen LogP contribution in [0.5, 0.6) is 5.75 Å². The number of oxime groups is 1. The number of hydrogen-bond donors (Lipinski definition) is 0. The van der Waals surface area contributed by atoms with Gasteiger partial charge in [-0.1, -0.05) is 5.16 Å². The molecule has 1 aromatic rings. The quantitative estimate of drug-likeness (QED) is 0.271. The average molecular weight is 307 g/mol. The maximum absolute atomic E-state index is 11.2. The molecule has 1 rings (SSSR count). The van der Waals surface area contributed by atoms with Crippen LogP contribution in [0.3, 0.4) is 0 Å². The highest BCUT2D eigenvalue weighted by atomic mass is 16.6. The second-order valence-electron chi connectivity index (χ2n) is 4.69. The van der Waals surface area contributed by atoms with Gasteiger partial charge in [0.05, 0.1) is 19.4 Å². The Morgan fingerprint density at radius 3 is 2.55 bits per heavy atom. The predicted octanol–water partition coefficient (Wildman–Crippen LogP) is 3.56. The predicted molar refractivity (Wildman–Crippen MR) is 86.3 cm³/mol. The van der Waals surface area contributed by atoms with E-state index in [1.54, 1.807) is 6.21 Å². The molecule has 0 aliphatic rings. The van der Waals surface area contributed by atoms with E-state index in [4.69, 9.17) is 14.3 Å². The highest BCUT2D eigenvalue weighted by Crippen LogP contribution is 2.12. The van der Waals surface area contributed by atoms with Gasteiger partial charge in [-0.05, 0) is 62.9 Å². The Balaban J connectivity index is 2.13. The molecule has 0 amide bonds. The number of ether oxygens (including phenoxy) is 2. The van der Waals surface area contributed by atoms with Crippen molar-refractivity contribution in [2.24, 2.45) is 5.16 Å². The van der Waals surface area contributed by atoms with E-state index in [9.17, 15) is 4.79 Å². The van der Waals surface area contributed by atoms with E-state index in [2.05, 4.69) is 5.16 Å². The van der Waals surface area contributed by atoms with Crippen molar-refractivity contribution < 1.29 is 19.1 Å². The number of nitrogens with zero attached hydrogens (tertiary/aromatic N) is 1. The molecule has 0 spiro atoms. The molecule has 0 fully saturated rings. The molecule has 5 heteroatoms. The monoisotopic (exact) mass is 307 g/mol. The summed E-state index contributed by atoms with van der Waals surface area (Å²) in [6, 6.07) is 7.68. The molecule has 0 atom stereocenters. The first kappa shape index (κ1) is 18.0. The summed E-state index contributed by atoms with van der Waals surface area (Å²) in [5.41, 5.74) is 0.968. The maximum atomic E-state index is 11.2. The summed E-state index contributed by atoms with van der Waals surface area (Å²) < 4.78 is 10.5. The fraction of sp³-hybridized carbons (Fsp3) is 0.529. The number of unbranched alkanes of at least 4 members (excludes halogenated alkanes) is 2. The summed E-state index contributed by atoms with van der Waals surface area (Å²) in [5.74, 6) is 0.715. The fourth-order valence-electron chi connectivity index (χ4n) is 1.79. The lowest BCUT2D eigenvalue weighted by Gasteiger charge is -2.06. The van der Waals surface area contributed by atoms with Crippen molar-refractivity contribution in [3.05, 3.63) is 29.8 Å². The minimum atomic E-state index is -0.118. The van der Waals surface area contributed by atoms with Crippen molar-refractivity contribution in [3.63, 3.8) is 0 Å². The largest absolute Gasteiger partial charge is 0.494 e. The van der Waals surface area contributed by atoms with Crippen LogP contribution < -0.4 is 4.74 Å². The van der Waals surface area contributed by atoms with Gasteiger partial charge in [0.1, 0.15) is 12.4 Å². The topological polar surface area (TPSA) is 57.1 Å². The Hall–Kier alpha value is -2.04. The van der Waals surface area contributed by atoms with Crippen LogP contribution >= 0.6 is 0 Å². The first-order chi connectivity index (χ1) is 10.8. The van der Waals surface area contributed by atoms with Crippen LogP contribution in [0.25, 0.3) is 0 Å². The molecule has 0 bridgehead atoms. The molecule has 5 nitrogen and oxygen atoms in total. The van der Waals surface area contributed by atoms with E-state index >= 15 is 0 Å². The molecule has 0 radical (unpaired) electrons. The summed E-state index contributed by atoms with van der Waals surface area (Å²) in [6.07, 6.45) is 4.88. The third kappa shape index (κ3) is 8.29. The lowest BCUT2D eigenvalue weighted by atomic mass is 10.2. The van der Waals surface area contributed by atoms with Crippen molar-refractivity contribution in [2.45, 2.75) is 39.5 Å². The van der Waals surface area contributed by atoms with Gasteiger partial charge in [-0.15, -0.1) is 0 Å². The molecule has 1 aromatic carbocycles. The van der Waals surface area contributed by atoms with Gasteiger partial charge in [-0.2, -0.15) is 0 Å². The van der Waals surface area contributed by atoms with Crippen molar-refractivity contribution in [2.75, 3.05) is 19.8 Å². The number of benzene rings is 1. The Morgan fingerprint density at radius 1 is 1.09 bits per heavy atom. The molecule has 0 N–H and O–H groups in total. The smallest absolute Gasteiger partial charge is 0.305 e. The minimum absolute atomic E-state index is 0.118. The second-order valence-corrected chi connectivity index (χ2v) is 4.69. The molecule has 0 aliphatic carbocycles. The molecule has 22 heavy (non-hydrogen) atoms. The summed E-state index contributed by atoms with van der Waals surface area (Å²) in [7, 11) is 0. The first-order valence-electron chi connectivity index (χ1n) is 7.80. The summed E-state index contributed by atoms with van der Waals surface area (Å²) in [4.78, 5) is 16.1. The molecule has 0 aliphatic heterocycles. The molecule has 122 valence electrons. The molecular weight excluding hydrogens is 282 g/mol. The zero-order valence-corrected chi connectivity index (χ0v) is 13.4. The molecule has 0 aromatic heterocycles. The van der Waals surface area contributed by atoms with Gasteiger partial charge in [0.25, 0.3) is 0 Å². The second kappa shape index (κ2) is 11.6.